The zero-order valence-electron chi connectivity index (χ0n) is 12.5. The molecule has 0 aliphatic heterocycles. The first-order valence-electron chi connectivity index (χ1n) is 7.36. The smallest absolute Gasteiger partial charge is 0.240 e. The Bertz CT molecular complexity index is 589. The molecule has 1 aromatic carbocycles. The summed E-state index contributed by atoms with van der Waals surface area (Å²) in [5.41, 5.74) is 0.356. The molecule has 1 saturated carbocycles. The predicted octanol–water partition coefficient (Wildman–Crippen LogP) is 2.26. The maximum absolute atomic E-state index is 13.6. The van der Waals surface area contributed by atoms with Gasteiger partial charge in [0.25, 0.3) is 0 Å². The predicted molar refractivity (Wildman–Crippen MR) is 80.9 cm³/mol. The van der Waals surface area contributed by atoms with Crippen LogP contribution >= 0.6 is 0 Å². The lowest BCUT2D eigenvalue weighted by molar-refractivity contribution is 0.414. The first kappa shape index (κ1) is 16.4. The van der Waals surface area contributed by atoms with Crippen LogP contribution in [0.5, 0.6) is 0 Å². The summed E-state index contributed by atoms with van der Waals surface area (Å²) in [4.78, 5) is 0.125. The molecule has 0 radical (unpaired) electrons. The summed E-state index contributed by atoms with van der Waals surface area (Å²) in [6, 6.07) is 3.92. The van der Waals surface area contributed by atoms with Crippen molar-refractivity contribution in [3.63, 3.8) is 0 Å². The van der Waals surface area contributed by atoms with Crippen LogP contribution in [0.3, 0.4) is 0 Å². The number of hydrogen-bond acceptors (Lipinski definition) is 3. The maximum Gasteiger partial charge on any atom is 0.240 e. The number of sulfonamides is 1. The van der Waals surface area contributed by atoms with E-state index in [9.17, 15) is 12.8 Å². The molecule has 2 unspecified atom stereocenters. The number of benzene rings is 1. The molecule has 2 atom stereocenters. The van der Waals surface area contributed by atoms with E-state index in [-0.39, 0.29) is 4.90 Å². The van der Waals surface area contributed by atoms with Crippen molar-refractivity contribution in [3.8, 4) is 0 Å². The first-order chi connectivity index (χ1) is 9.94. The molecule has 4 nitrogen and oxygen atoms in total. The Morgan fingerprint density at radius 2 is 2.10 bits per heavy atom. The summed E-state index contributed by atoms with van der Waals surface area (Å²) in [5, 5.41) is 2.83. The van der Waals surface area contributed by atoms with Crippen LogP contribution < -0.4 is 10.0 Å². The summed E-state index contributed by atoms with van der Waals surface area (Å²) < 4.78 is 40.9. The highest BCUT2D eigenvalue weighted by Crippen LogP contribution is 2.30. The number of rotatable bonds is 6. The van der Waals surface area contributed by atoms with Gasteiger partial charge >= 0.3 is 0 Å². The molecule has 1 aliphatic carbocycles. The molecule has 0 bridgehead atoms. The van der Waals surface area contributed by atoms with E-state index in [1.807, 2.05) is 0 Å². The van der Waals surface area contributed by atoms with Gasteiger partial charge in [0.05, 0.1) is 4.90 Å². The molecule has 21 heavy (non-hydrogen) atoms. The Hall–Kier alpha value is -0.980. The highest BCUT2D eigenvalue weighted by molar-refractivity contribution is 7.89. The van der Waals surface area contributed by atoms with Gasteiger partial charge in [0, 0.05) is 18.7 Å². The second-order valence-corrected chi connectivity index (χ2v) is 7.57. The van der Waals surface area contributed by atoms with Gasteiger partial charge in [-0.25, -0.2) is 17.5 Å². The van der Waals surface area contributed by atoms with Crippen LogP contribution in [-0.4, -0.2) is 22.0 Å². The number of hydrogen-bond donors (Lipinski definition) is 2. The summed E-state index contributed by atoms with van der Waals surface area (Å²) in [6.07, 6.45) is 3.39. The van der Waals surface area contributed by atoms with Gasteiger partial charge in [-0.1, -0.05) is 19.8 Å². The average Bonchev–Trinajstić information content (AvgIpc) is 2.85. The fraction of sp³-hybridized carbons (Fsp3) is 0.600. The third-order valence-corrected chi connectivity index (χ3v) is 5.69. The van der Waals surface area contributed by atoms with Crippen molar-refractivity contribution in [1.82, 2.24) is 10.0 Å². The fourth-order valence-corrected chi connectivity index (χ4v) is 4.01. The second kappa shape index (κ2) is 6.85. The third-order valence-electron chi connectivity index (χ3n) is 4.27. The standard InChI is InChI=1S/C15H23FN2O2S/c1-11-4-3-5-12(11)10-18-21(19,20)14-6-7-15(16)13(8-14)9-17-2/h6-8,11-12,17-18H,3-5,9-10H2,1-2H3. The van der Waals surface area contributed by atoms with Crippen LogP contribution in [-0.2, 0) is 16.6 Å². The van der Waals surface area contributed by atoms with Gasteiger partial charge in [0.2, 0.25) is 10.0 Å². The SMILES string of the molecule is CNCc1cc(S(=O)(=O)NCC2CCCC2C)ccc1F. The van der Waals surface area contributed by atoms with E-state index in [0.29, 0.717) is 30.5 Å². The summed E-state index contributed by atoms with van der Waals surface area (Å²) in [6.45, 7) is 2.92. The fourth-order valence-electron chi connectivity index (χ4n) is 2.87. The van der Waals surface area contributed by atoms with Crippen LogP contribution in [0.1, 0.15) is 31.7 Å². The van der Waals surface area contributed by atoms with E-state index in [4.69, 9.17) is 0 Å². The summed E-state index contributed by atoms with van der Waals surface area (Å²) in [7, 11) is -1.88. The Morgan fingerprint density at radius 3 is 2.71 bits per heavy atom. The monoisotopic (exact) mass is 314 g/mol. The quantitative estimate of drug-likeness (QED) is 0.847. The molecule has 0 spiro atoms. The number of nitrogens with one attached hydrogen (secondary N) is 2. The van der Waals surface area contributed by atoms with E-state index < -0.39 is 15.8 Å². The summed E-state index contributed by atoms with van der Waals surface area (Å²) >= 11 is 0. The lowest BCUT2D eigenvalue weighted by Crippen LogP contribution is -2.30. The van der Waals surface area contributed by atoms with Crippen LogP contribution in [0.4, 0.5) is 4.39 Å². The molecule has 1 aromatic rings. The second-order valence-electron chi connectivity index (χ2n) is 5.80. The lowest BCUT2D eigenvalue weighted by atomic mass is 9.99. The topological polar surface area (TPSA) is 58.2 Å². The zero-order chi connectivity index (χ0) is 15.5. The van der Waals surface area contributed by atoms with E-state index in [0.717, 1.165) is 19.3 Å². The van der Waals surface area contributed by atoms with Crippen LogP contribution in [0.15, 0.2) is 23.1 Å². The minimum atomic E-state index is -3.57. The molecule has 0 aromatic heterocycles. The molecular weight excluding hydrogens is 291 g/mol. The third kappa shape index (κ3) is 4.02. The van der Waals surface area contributed by atoms with E-state index in [1.54, 1.807) is 7.05 Å². The van der Waals surface area contributed by atoms with E-state index >= 15 is 0 Å². The average molecular weight is 314 g/mol. The van der Waals surface area contributed by atoms with Gasteiger partial charge in [-0.05, 0) is 43.5 Å². The largest absolute Gasteiger partial charge is 0.316 e. The van der Waals surface area contributed by atoms with Crippen LogP contribution in [0, 0.1) is 17.7 Å². The zero-order valence-corrected chi connectivity index (χ0v) is 13.3. The van der Waals surface area contributed by atoms with E-state index in [2.05, 4.69) is 17.0 Å². The minimum absolute atomic E-state index is 0.125. The van der Waals surface area contributed by atoms with E-state index in [1.165, 1.54) is 18.2 Å². The Morgan fingerprint density at radius 1 is 1.33 bits per heavy atom. The number of halogens is 1. The highest BCUT2D eigenvalue weighted by Gasteiger charge is 2.25. The molecule has 1 fully saturated rings. The first-order valence-corrected chi connectivity index (χ1v) is 8.85. The van der Waals surface area contributed by atoms with Crippen molar-refractivity contribution in [2.45, 2.75) is 37.6 Å². The highest BCUT2D eigenvalue weighted by atomic mass is 32.2. The molecular formula is C15H23FN2O2S. The Kier molecular flexibility index (Phi) is 5.35. The Labute approximate surface area is 126 Å². The Balaban J connectivity index is 2.10. The van der Waals surface area contributed by atoms with Gasteiger partial charge in [0.15, 0.2) is 0 Å². The van der Waals surface area contributed by atoms with Crippen molar-refractivity contribution in [3.05, 3.63) is 29.6 Å². The molecule has 2 N–H and O–H groups in total. The molecule has 1 aliphatic rings. The van der Waals surface area contributed by atoms with Crippen molar-refractivity contribution in [2.24, 2.45) is 11.8 Å². The summed E-state index contributed by atoms with van der Waals surface area (Å²) in [5.74, 6) is 0.561. The van der Waals surface area contributed by atoms with Crippen molar-refractivity contribution >= 4 is 10.0 Å². The molecule has 0 amide bonds. The molecule has 0 heterocycles. The normalized spacial score (nSPS) is 22.6. The van der Waals surface area contributed by atoms with Crippen molar-refractivity contribution < 1.29 is 12.8 Å². The van der Waals surface area contributed by atoms with Crippen molar-refractivity contribution in [1.29, 1.82) is 0 Å². The lowest BCUT2D eigenvalue weighted by Gasteiger charge is -2.16. The van der Waals surface area contributed by atoms with Gasteiger partial charge in [-0.3, -0.25) is 0 Å². The molecule has 6 heteroatoms. The molecule has 0 saturated heterocycles. The van der Waals surface area contributed by atoms with Crippen LogP contribution in [0.25, 0.3) is 0 Å². The van der Waals surface area contributed by atoms with Gasteiger partial charge in [-0.15, -0.1) is 0 Å². The molecule has 118 valence electrons. The van der Waals surface area contributed by atoms with Gasteiger partial charge < -0.3 is 5.32 Å². The van der Waals surface area contributed by atoms with Gasteiger partial charge in [-0.2, -0.15) is 0 Å². The van der Waals surface area contributed by atoms with Crippen LogP contribution in [0.2, 0.25) is 0 Å². The maximum atomic E-state index is 13.6. The minimum Gasteiger partial charge on any atom is -0.316 e. The molecule has 2 rings (SSSR count). The van der Waals surface area contributed by atoms with Crippen molar-refractivity contribution in [2.75, 3.05) is 13.6 Å². The van der Waals surface area contributed by atoms with Gasteiger partial charge in [0.1, 0.15) is 5.82 Å².